The van der Waals surface area contributed by atoms with E-state index in [0.29, 0.717) is 6.54 Å². The van der Waals surface area contributed by atoms with Crippen LogP contribution >= 0.6 is 0 Å². The first-order valence-electron chi connectivity index (χ1n) is 6.36. The first kappa shape index (κ1) is 14.9. The summed E-state index contributed by atoms with van der Waals surface area (Å²) in [5.41, 5.74) is 5.57. The third-order valence-electron chi connectivity index (χ3n) is 3.70. The summed E-state index contributed by atoms with van der Waals surface area (Å²) in [5.74, 6) is -1.57. The average molecular weight is 258 g/mol. The van der Waals surface area contributed by atoms with Crippen molar-refractivity contribution in [3.63, 3.8) is 0 Å². The van der Waals surface area contributed by atoms with Crippen LogP contribution in [-0.4, -0.2) is 41.3 Å². The van der Waals surface area contributed by atoms with Crippen LogP contribution in [0, 0.1) is 5.41 Å². The predicted octanol–water partition coefficient (Wildman–Crippen LogP) is -0.153. The number of hydrogen-bond acceptors (Lipinski definition) is 4. The highest BCUT2D eigenvalue weighted by Crippen LogP contribution is 2.38. The largest absolute Gasteiger partial charge is 0.480 e. The molecular weight excluding hydrogens is 236 g/mol. The van der Waals surface area contributed by atoms with Gasteiger partial charge in [-0.05, 0) is 24.8 Å². The minimum absolute atomic E-state index is 0.194. The van der Waals surface area contributed by atoms with E-state index in [2.05, 4.69) is 5.32 Å². The molecule has 0 aromatic heterocycles. The van der Waals surface area contributed by atoms with Crippen molar-refractivity contribution in [1.82, 2.24) is 5.32 Å². The molecule has 1 atom stereocenters. The number of carboxylic acid groups (broad SMARTS) is 1. The summed E-state index contributed by atoms with van der Waals surface area (Å²) in [4.78, 5) is 22.5. The zero-order valence-electron chi connectivity index (χ0n) is 10.5. The molecule has 1 saturated carbocycles. The number of carboxylic acids is 1. The summed E-state index contributed by atoms with van der Waals surface area (Å²) < 4.78 is 0. The molecule has 0 aromatic rings. The predicted molar refractivity (Wildman–Crippen MR) is 65.8 cm³/mol. The fraction of sp³-hybridized carbons (Fsp3) is 0.833. The van der Waals surface area contributed by atoms with E-state index in [1.165, 1.54) is 0 Å². The zero-order chi connectivity index (χ0) is 13.6. The van der Waals surface area contributed by atoms with Crippen LogP contribution in [0.25, 0.3) is 0 Å². The molecule has 1 unspecified atom stereocenters. The number of amides is 1. The van der Waals surface area contributed by atoms with Gasteiger partial charge < -0.3 is 21.3 Å². The molecule has 0 aliphatic heterocycles. The van der Waals surface area contributed by atoms with Gasteiger partial charge in [0.2, 0.25) is 5.91 Å². The summed E-state index contributed by atoms with van der Waals surface area (Å²) in [6.07, 6.45) is 5.35. The topological polar surface area (TPSA) is 113 Å². The lowest BCUT2D eigenvalue weighted by Crippen LogP contribution is -2.46. The molecule has 0 saturated heterocycles. The Bertz CT molecular complexity index is 300. The third-order valence-corrected chi connectivity index (χ3v) is 3.70. The van der Waals surface area contributed by atoms with Gasteiger partial charge in [-0.25, -0.2) is 4.79 Å². The molecule has 1 aliphatic rings. The number of carbonyl (C=O) groups excluding carboxylic acids is 1. The molecule has 1 fully saturated rings. The van der Waals surface area contributed by atoms with Crippen molar-refractivity contribution in [2.45, 2.75) is 44.6 Å². The van der Waals surface area contributed by atoms with Crippen LogP contribution in [0.3, 0.4) is 0 Å². The van der Waals surface area contributed by atoms with Crippen LogP contribution in [0.2, 0.25) is 0 Å². The Morgan fingerprint density at radius 2 is 1.89 bits per heavy atom. The standard InChI is InChI=1S/C12H22N2O4/c13-8-12(4-2-1-3-5-12)6-10(16)14-9(7-15)11(17)18/h9,15H,1-8,13H2,(H,14,16)(H,17,18). The molecule has 6 nitrogen and oxygen atoms in total. The molecule has 0 aromatic carbocycles. The highest BCUT2D eigenvalue weighted by atomic mass is 16.4. The maximum Gasteiger partial charge on any atom is 0.328 e. The maximum absolute atomic E-state index is 11.8. The van der Waals surface area contributed by atoms with Crippen LogP contribution in [0.4, 0.5) is 0 Å². The van der Waals surface area contributed by atoms with E-state index in [-0.39, 0.29) is 17.7 Å². The maximum atomic E-state index is 11.8. The Morgan fingerprint density at radius 1 is 1.28 bits per heavy atom. The van der Waals surface area contributed by atoms with E-state index in [4.69, 9.17) is 15.9 Å². The summed E-state index contributed by atoms with van der Waals surface area (Å²) in [6, 6.07) is -1.23. The third kappa shape index (κ3) is 3.96. The molecule has 6 heteroatoms. The first-order chi connectivity index (χ1) is 8.53. The smallest absolute Gasteiger partial charge is 0.328 e. The van der Waals surface area contributed by atoms with Crippen molar-refractivity contribution in [1.29, 1.82) is 0 Å². The van der Waals surface area contributed by atoms with Crippen LogP contribution in [0.15, 0.2) is 0 Å². The van der Waals surface area contributed by atoms with Gasteiger partial charge in [-0.15, -0.1) is 0 Å². The molecular formula is C12H22N2O4. The molecule has 0 radical (unpaired) electrons. The van der Waals surface area contributed by atoms with Crippen molar-refractivity contribution in [3.05, 3.63) is 0 Å². The monoisotopic (exact) mass is 258 g/mol. The fourth-order valence-corrected chi connectivity index (χ4v) is 2.53. The normalized spacial score (nSPS) is 20.1. The van der Waals surface area contributed by atoms with Gasteiger partial charge in [0.1, 0.15) is 6.04 Å². The zero-order valence-corrected chi connectivity index (χ0v) is 10.5. The van der Waals surface area contributed by atoms with Crippen molar-refractivity contribution in [2.75, 3.05) is 13.2 Å². The highest BCUT2D eigenvalue weighted by Gasteiger charge is 2.33. The number of aliphatic hydroxyl groups is 1. The van der Waals surface area contributed by atoms with Crippen molar-refractivity contribution >= 4 is 11.9 Å². The molecule has 5 N–H and O–H groups in total. The minimum atomic E-state index is -1.23. The van der Waals surface area contributed by atoms with Crippen LogP contribution in [0.1, 0.15) is 38.5 Å². The Hall–Kier alpha value is -1.14. The molecule has 0 bridgehead atoms. The van der Waals surface area contributed by atoms with E-state index >= 15 is 0 Å². The molecule has 104 valence electrons. The van der Waals surface area contributed by atoms with Gasteiger partial charge in [0.25, 0.3) is 0 Å². The molecule has 0 heterocycles. The number of rotatable bonds is 6. The Labute approximate surface area is 107 Å². The number of nitrogens with one attached hydrogen (secondary N) is 1. The second-order valence-corrected chi connectivity index (χ2v) is 5.08. The number of aliphatic carboxylic acids is 1. The van der Waals surface area contributed by atoms with Gasteiger partial charge in [-0.1, -0.05) is 19.3 Å². The van der Waals surface area contributed by atoms with E-state index < -0.39 is 18.6 Å². The average Bonchev–Trinajstić information content (AvgIpc) is 2.36. The molecule has 0 spiro atoms. The van der Waals surface area contributed by atoms with E-state index in [9.17, 15) is 9.59 Å². The summed E-state index contributed by atoms with van der Waals surface area (Å²) >= 11 is 0. The second kappa shape index (κ2) is 6.70. The van der Waals surface area contributed by atoms with E-state index in [0.717, 1.165) is 32.1 Å². The quantitative estimate of drug-likeness (QED) is 0.529. The van der Waals surface area contributed by atoms with Gasteiger partial charge in [0.05, 0.1) is 6.61 Å². The Balaban J connectivity index is 2.54. The van der Waals surface area contributed by atoms with Crippen molar-refractivity contribution in [2.24, 2.45) is 11.1 Å². The lowest BCUT2D eigenvalue weighted by atomic mass is 9.71. The van der Waals surface area contributed by atoms with Gasteiger partial charge in [-0.2, -0.15) is 0 Å². The van der Waals surface area contributed by atoms with Crippen molar-refractivity contribution < 1.29 is 19.8 Å². The highest BCUT2D eigenvalue weighted by molar-refractivity contribution is 5.84. The van der Waals surface area contributed by atoms with Gasteiger partial charge in [0, 0.05) is 6.42 Å². The lowest BCUT2D eigenvalue weighted by molar-refractivity contribution is -0.143. The number of nitrogens with two attached hydrogens (primary N) is 1. The van der Waals surface area contributed by atoms with Crippen LogP contribution in [-0.2, 0) is 9.59 Å². The van der Waals surface area contributed by atoms with Gasteiger partial charge in [0.15, 0.2) is 0 Å². The molecule has 18 heavy (non-hydrogen) atoms. The Morgan fingerprint density at radius 3 is 2.33 bits per heavy atom. The molecule has 1 rings (SSSR count). The van der Waals surface area contributed by atoms with E-state index in [1.54, 1.807) is 0 Å². The molecule has 1 aliphatic carbocycles. The fourth-order valence-electron chi connectivity index (χ4n) is 2.53. The van der Waals surface area contributed by atoms with Crippen LogP contribution in [0.5, 0.6) is 0 Å². The summed E-state index contributed by atoms with van der Waals surface area (Å²) in [7, 11) is 0. The minimum Gasteiger partial charge on any atom is -0.480 e. The lowest BCUT2D eigenvalue weighted by Gasteiger charge is -2.35. The van der Waals surface area contributed by atoms with Gasteiger partial charge in [-0.3, -0.25) is 4.79 Å². The summed E-state index contributed by atoms with van der Waals surface area (Å²) in [6.45, 7) is -0.159. The molecule has 1 amide bonds. The number of hydrogen-bond donors (Lipinski definition) is 4. The van der Waals surface area contributed by atoms with Crippen molar-refractivity contribution in [3.8, 4) is 0 Å². The Kier molecular flexibility index (Phi) is 5.55. The number of carbonyl (C=O) groups is 2. The SMILES string of the molecule is NCC1(CC(=O)NC(CO)C(=O)O)CCCCC1. The number of aliphatic hydroxyl groups excluding tert-OH is 1. The van der Waals surface area contributed by atoms with E-state index in [1.807, 2.05) is 0 Å². The van der Waals surface area contributed by atoms with Crippen LogP contribution < -0.4 is 11.1 Å². The van der Waals surface area contributed by atoms with Gasteiger partial charge >= 0.3 is 5.97 Å². The second-order valence-electron chi connectivity index (χ2n) is 5.08. The summed E-state index contributed by atoms with van der Waals surface area (Å²) in [5, 5.41) is 19.9. The first-order valence-corrected chi connectivity index (χ1v) is 6.36.